The van der Waals surface area contributed by atoms with Crippen LogP contribution in [0.2, 0.25) is 0 Å². The quantitative estimate of drug-likeness (QED) is 0.872. The molecule has 1 N–H and O–H groups in total. The molecule has 0 aliphatic carbocycles. The third kappa shape index (κ3) is 4.60. The van der Waals surface area contributed by atoms with Crippen molar-refractivity contribution in [2.45, 2.75) is 13.8 Å². The van der Waals surface area contributed by atoms with Crippen molar-refractivity contribution in [3.8, 4) is 0 Å². The first-order chi connectivity index (χ1) is 7.41. The van der Waals surface area contributed by atoms with E-state index in [1.54, 1.807) is 6.08 Å². The second kappa shape index (κ2) is 6.92. The van der Waals surface area contributed by atoms with Gasteiger partial charge in [0.2, 0.25) is 0 Å². The van der Waals surface area contributed by atoms with E-state index in [0.717, 1.165) is 22.8 Å². The Kier molecular flexibility index (Phi) is 6.65. The Morgan fingerprint density at radius 3 is 2.06 bits per heavy atom. The van der Waals surface area contributed by atoms with Gasteiger partial charge in [-0.3, -0.25) is 0 Å². The van der Waals surface area contributed by atoms with Gasteiger partial charge in [0.1, 0.15) is 0 Å². The number of carboxylic acids is 1. The maximum absolute atomic E-state index is 10.4. The number of anilines is 1. The third-order valence-electron chi connectivity index (χ3n) is 2.38. The van der Waals surface area contributed by atoms with Crippen molar-refractivity contribution in [1.82, 2.24) is 0 Å². The normalized spacial score (nSPS) is 10.1. The van der Waals surface area contributed by atoms with Crippen LogP contribution in [0.15, 0.2) is 18.2 Å². The van der Waals surface area contributed by atoms with E-state index in [9.17, 15) is 4.79 Å². The number of carboxylic acid groups (broad SMARTS) is 1. The van der Waals surface area contributed by atoms with Crippen molar-refractivity contribution in [2.24, 2.45) is 0 Å². The predicted octanol–water partition coefficient (Wildman–Crippen LogP) is 2.46. The monoisotopic (exact) mass is 308 g/mol. The Morgan fingerprint density at radius 1 is 1.24 bits per heavy atom. The van der Waals surface area contributed by atoms with Crippen molar-refractivity contribution < 1.29 is 42.6 Å². The molecule has 0 heterocycles. The van der Waals surface area contributed by atoms with Crippen molar-refractivity contribution in [3.63, 3.8) is 0 Å². The van der Waals surface area contributed by atoms with E-state index in [4.69, 9.17) is 5.11 Å². The van der Waals surface area contributed by atoms with Crippen LogP contribution in [0.25, 0.3) is 6.08 Å². The van der Waals surface area contributed by atoms with Crippen molar-refractivity contribution in [3.05, 3.63) is 34.9 Å². The van der Waals surface area contributed by atoms with E-state index in [-0.39, 0.29) is 32.7 Å². The SMILES string of the molecule is Cc1cc(/C=C/C(=O)O)cc(C)c1N(C)C.[Y]. The average Bonchev–Trinajstić information content (AvgIpc) is 2.12. The summed E-state index contributed by atoms with van der Waals surface area (Å²) in [6, 6.07) is 3.98. The number of aliphatic carboxylic acids is 1. The summed E-state index contributed by atoms with van der Waals surface area (Å²) in [5.74, 6) is -0.924. The first-order valence-electron chi connectivity index (χ1n) is 5.11. The Morgan fingerprint density at radius 2 is 1.71 bits per heavy atom. The molecule has 1 aromatic carbocycles. The molecule has 0 aromatic heterocycles. The van der Waals surface area contributed by atoms with Crippen LogP contribution in [-0.2, 0) is 37.5 Å². The summed E-state index contributed by atoms with van der Waals surface area (Å²) in [5.41, 5.74) is 4.40. The maximum atomic E-state index is 10.4. The summed E-state index contributed by atoms with van der Waals surface area (Å²) in [5, 5.41) is 8.56. The molecule has 0 saturated heterocycles. The molecule has 4 heteroatoms. The van der Waals surface area contributed by atoms with E-state index < -0.39 is 5.97 Å². The maximum Gasteiger partial charge on any atom is 0.328 e. The van der Waals surface area contributed by atoms with Gasteiger partial charge in [0.25, 0.3) is 0 Å². The molecule has 1 aromatic rings. The van der Waals surface area contributed by atoms with E-state index >= 15 is 0 Å². The van der Waals surface area contributed by atoms with Gasteiger partial charge in [-0.25, -0.2) is 4.79 Å². The van der Waals surface area contributed by atoms with Gasteiger partial charge in [-0.1, -0.05) is 0 Å². The van der Waals surface area contributed by atoms with Crippen LogP contribution in [-0.4, -0.2) is 25.2 Å². The predicted molar refractivity (Wildman–Crippen MR) is 66.9 cm³/mol. The van der Waals surface area contributed by atoms with Crippen LogP contribution in [0.3, 0.4) is 0 Å². The van der Waals surface area contributed by atoms with Crippen LogP contribution in [0.5, 0.6) is 0 Å². The second-order valence-corrected chi connectivity index (χ2v) is 4.07. The largest absolute Gasteiger partial charge is 0.478 e. The van der Waals surface area contributed by atoms with Gasteiger partial charge < -0.3 is 10.0 Å². The topological polar surface area (TPSA) is 40.5 Å². The van der Waals surface area contributed by atoms with Gasteiger partial charge >= 0.3 is 5.97 Å². The first-order valence-corrected chi connectivity index (χ1v) is 5.11. The molecule has 17 heavy (non-hydrogen) atoms. The first kappa shape index (κ1) is 16.3. The van der Waals surface area contributed by atoms with Gasteiger partial charge in [0.15, 0.2) is 0 Å². The summed E-state index contributed by atoms with van der Waals surface area (Å²) < 4.78 is 0. The minimum absolute atomic E-state index is 0. The minimum Gasteiger partial charge on any atom is -0.478 e. The van der Waals surface area contributed by atoms with E-state index in [2.05, 4.69) is 4.90 Å². The van der Waals surface area contributed by atoms with Crippen molar-refractivity contribution >= 4 is 17.7 Å². The van der Waals surface area contributed by atoms with Gasteiger partial charge in [-0.05, 0) is 48.7 Å². The standard InChI is InChI=1S/C13H17NO2.Y/c1-9-7-11(5-6-12(15)16)8-10(2)13(9)14(3)4;/h5-8H,1-4H3,(H,15,16);/b6-5+;. The molecule has 0 unspecified atom stereocenters. The smallest absolute Gasteiger partial charge is 0.328 e. The average molecular weight is 308 g/mol. The molecule has 0 aliphatic rings. The van der Waals surface area contributed by atoms with Gasteiger partial charge in [0.05, 0.1) is 0 Å². The summed E-state index contributed by atoms with van der Waals surface area (Å²) in [4.78, 5) is 12.5. The van der Waals surface area contributed by atoms with E-state index in [0.29, 0.717) is 0 Å². The molecule has 89 valence electrons. The molecule has 0 atom stereocenters. The fourth-order valence-electron chi connectivity index (χ4n) is 1.96. The molecule has 0 fully saturated rings. The third-order valence-corrected chi connectivity index (χ3v) is 2.38. The molecule has 0 amide bonds. The molecule has 1 rings (SSSR count). The number of rotatable bonds is 3. The zero-order chi connectivity index (χ0) is 12.3. The Balaban J connectivity index is 0.00000256. The van der Waals surface area contributed by atoms with E-state index in [1.165, 1.54) is 5.69 Å². The number of nitrogens with zero attached hydrogens (tertiary/aromatic N) is 1. The molecule has 0 spiro atoms. The molecule has 0 saturated carbocycles. The second-order valence-electron chi connectivity index (χ2n) is 4.07. The number of benzene rings is 1. The van der Waals surface area contributed by atoms with Gasteiger partial charge in [0, 0.05) is 58.6 Å². The fraction of sp³-hybridized carbons (Fsp3) is 0.308. The number of hydrogen-bond donors (Lipinski definition) is 1. The number of aryl methyl sites for hydroxylation is 2. The van der Waals surface area contributed by atoms with Gasteiger partial charge in [-0.15, -0.1) is 0 Å². The minimum atomic E-state index is -0.924. The van der Waals surface area contributed by atoms with Crippen LogP contribution < -0.4 is 4.90 Å². The molecular weight excluding hydrogens is 291 g/mol. The molecular formula is C13H17NO2Y. The Labute approximate surface area is 127 Å². The fourth-order valence-corrected chi connectivity index (χ4v) is 1.96. The zero-order valence-corrected chi connectivity index (χ0v) is 13.5. The van der Waals surface area contributed by atoms with Crippen LogP contribution in [0.1, 0.15) is 16.7 Å². The van der Waals surface area contributed by atoms with Crippen LogP contribution in [0, 0.1) is 13.8 Å². The summed E-state index contributed by atoms with van der Waals surface area (Å²) in [7, 11) is 4.00. The molecule has 0 aliphatic heterocycles. The van der Waals surface area contributed by atoms with Crippen molar-refractivity contribution in [2.75, 3.05) is 19.0 Å². The van der Waals surface area contributed by atoms with E-state index in [1.807, 2.05) is 40.1 Å². The number of hydrogen-bond acceptors (Lipinski definition) is 2. The Hall–Kier alpha value is -0.666. The summed E-state index contributed by atoms with van der Waals surface area (Å²) in [6.45, 7) is 4.06. The van der Waals surface area contributed by atoms with Crippen LogP contribution in [0.4, 0.5) is 5.69 Å². The van der Waals surface area contributed by atoms with Crippen molar-refractivity contribution in [1.29, 1.82) is 0 Å². The molecule has 1 radical (unpaired) electrons. The summed E-state index contributed by atoms with van der Waals surface area (Å²) >= 11 is 0. The zero-order valence-electron chi connectivity index (χ0n) is 10.7. The number of carbonyl (C=O) groups is 1. The van der Waals surface area contributed by atoms with Crippen LogP contribution >= 0.6 is 0 Å². The van der Waals surface area contributed by atoms with Gasteiger partial charge in [-0.2, -0.15) is 0 Å². The molecule has 3 nitrogen and oxygen atoms in total. The molecule has 0 bridgehead atoms. The summed E-state index contributed by atoms with van der Waals surface area (Å²) in [6.07, 6.45) is 2.77. The Bertz CT molecular complexity index is 416.